The fraction of sp³-hybridized carbons (Fsp3) is 0.250. The monoisotopic (exact) mass is 480 g/mol. The van der Waals surface area contributed by atoms with E-state index in [9.17, 15) is 5.11 Å². The van der Waals surface area contributed by atoms with Crippen LogP contribution in [-0.4, -0.2) is 10.2 Å². The summed E-state index contributed by atoms with van der Waals surface area (Å²) in [7, 11) is 5.92. The Morgan fingerprint density at radius 2 is 1.55 bits per heavy atom. The van der Waals surface area contributed by atoms with Crippen molar-refractivity contribution in [3.8, 4) is 11.5 Å². The summed E-state index contributed by atoms with van der Waals surface area (Å²) in [4.78, 5) is 0. The fourth-order valence-electron chi connectivity index (χ4n) is 1.59. The Bertz CT molecular complexity index is 536. The molecule has 0 aromatic heterocycles. The molecule has 0 aliphatic carbocycles. The first-order chi connectivity index (χ1) is 9.34. The predicted octanol–water partition coefficient (Wildman–Crippen LogP) is 3.94. The van der Waals surface area contributed by atoms with E-state index < -0.39 is 23.3 Å². The van der Waals surface area contributed by atoms with Gasteiger partial charge in [0.25, 0.3) is 0 Å². The molecule has 0 saturated carbocycles. The zero-order valence-electron chi connectivity index (χ0n) is 12.1. The Kier molecular flexibility index (Phi) is 6.83. The second-order valence-corrected chi connectivity index (χ2v) is 11.9. The van der Waals surface area contributed by atoms with Crippen LogP contribution in [0.25, 0.3) is 0 Å². The first-order valence-electron chi connectivity index (χ1n) is 6.47. The molecule has 0 fully saturated rings. The second-order valence-electron chi connectivity index (χ2n) is 5.56. The summed E-state index contributed by atoms with van der Waals surface area (Å²) in [6.45, 7) is 6.48. The van der Waals surface area contributed by atoms with Gasteiger partial charge in [0.05, 0.1) is 0 Å². The van der Waals surface area contributed by atoms with Crippen LogP contribution in [-0.2, 0) is 28.8 Å². The van der Waals surface area contributed by atoms with E-state index in [0.717, 1.165) is 3.07 Å². The zero-order chi connectivity index (χ0) is 15.2. The SMILES string of the molecule is CC(C)(C)c1ccc(O)[c]([Hg][Cl])c1.Oc1ccccc1. The quantitative estimate of drug-likeness (QED) is 0.609. The zero-order valence-corrected chi connectivity index (χ0v) is 18.4. The molecule has 0 radical (unpaired) electrons. The van der Waals surface area contributed by atoms with Crippen molar-refractivity contribution in [1.82, 2.24) is 0 Å². The van der Waals surface area contributed by atoms with Gasteiger partial charge in [-0.05, 0) is 12.1 Å². The Labute approximate surface area is 136 Å². The van der Waals surface area contributed by atoms with Gasteiger partial charge in [-0.1, -0.05) is 18.2 Å². The van der Waals surface area contributed by atoms with Gasteiger partial charge in [-0.2, -0.15) is 0 Å². The molecule has 0 unspecified atom stereocenters. The summed E-state index contributed by atoms with van der Waals surface area (Å²) in [5.74, 6) is 0.701. The molecule has 104 valence electrons. The molecule has 0 aliphatic heterocycles. The molecule has 0 amide bonds. The molecule has 0 spiro atoms. The summed E-state index contributed by atoms with van der Waals surface area (Å²) < 4.78 is 1.02. The minimum absolute atomic E-state index is 0.141. The van der Waals surface area contributed by atoms with Gasteiger partial charge in [-0.3, -0.25) is 0 Å². The van der Waals surface area contributed by atoms with Crippen LogP contribution in [0.15, 0.2) is 48.5 Å². The molecular formula is C16H19ClHgO2. The molecule has 0 bridgehead atoms. The first-order valence-corrected chi connectivity index (χ1v) is 16.0. The van der Waals surface area contributed by atoms with Crippen LogP contribution < -0.4 is 3.07 Å². The normalized spacial score (nSPS) is 10.2. The summed E-state index contributed by atoms with van der Waals surface area (Å²) >= 11 is -1.49. The number of aromatic hydroxyl groups is 2. The van der Waals surface area contributed by atoms with Crippen LogP contribution in [0.2, 0.25) is 0 Å². The van der Waals surface area contributed by atoms with Crippen molar-refractivity contribution in [3.63, 3.8) is 0 Å². The van der Waals surface area contributed by atoms with Crippen LogP contribution in [0.4, 0.5) is 0 Å². The largest absolute Gasteiger partial charge is 0.508 e. The van der Waals surface area contributed by atoms with Crippen molar-refractivity contribution in [2.24, 2.45) is 0 Å². The topological polar surface area (TPSA) is 40.5 Å². The summed E-state index contributed by atoms with van der Waals surface area (Å²) in [6.07, 6.45) is 0. The molecule has 20 heavy (non-hydrogen) atoms. The van der Waals surface area contributed by atoms with Crippen molar-refractivity contribution < 1.29 is 33.6 Å². The molecule has 2 aromatic carbocycles. The van der Waals surface area contributed by atoms with Gasteiger partial charge < -0.3 is 5.11 Å². The third-order valence-electron chi connectivity index (χ3n) is 2.85. The summed E-state index contributed by atoms with van der Waals surface area (Å²) in [6, 6.07) is 14.5. The number of benzene rings is 2. The predicted molar refractivity (Wildman–Crippen MR) is 80.4 cm³/mol. The molecule has 2 nitrogen and oxygen atoms in total. The van der Waals surface area contributed by atoms with Crippen LogP contribution in [0.5, 0.6) is 11.5 Å². The van der Waals surface area contributed by atoms with Gasteiger partial charge in [0.2, 0.25) is 0 Å². The van der Waals surface area contributed by atoms with E-state index in [-0.39, 0.29) is 5.41 Å². The van der Waals surface area contributed by atoms with Gasteiger partial charge in [0.15, 0.2) is 0 Å². The molecule has 4 heteroatoms. The van der Waals surface area contributed by atoms with Gasteiger partial charge in [-0.15, -0.1) is 0 Å². The van der Waals surface area contributed by atoms with Crippen LogP contribution in [0.1, 0.15) is 26.3 Å². The van der Waals surface area contributed by atoms with Gasteiger partial charge in [0, 0.05) is 0 Å². The van der Waals surface area contributed by atoms with E-state index in [2.05, 4.69) is 26.8 Å². The minimum atomic E-state index is -1.49. The van der Waals surface area contributed by atoms with Gasteiger partial charge in [0.1, 0.15) is 5.75 Å². The van der Waals surface area contributed by atoms with E-state index in [1.165, 1.54) is 5.56 Å². The molecule has 2 aromatic rings. The Balaban J connectivity index is 0.000000240. The summed E-state index contributed by atoms with van der Waals surface area (Å²) in [5.41, 5.74) is 1.39. The van der Waals surface area contributed by atoms with Crippen LogP contribution in [0.3, 0.4) is 0 Å². The molecule has 0 saturated heterocycles. The van der Waals surface area contributed by atoms with E-state index in [0.29, 0.717) is 11.5 Å². The number of phenolic OH excluding ortho intramolecular Hbond substituents is 2. The van der Waals surface area contributed by atoms with Crippen molar-refractivity contribution >= 4 is 11.3 Å². The summed E-state index contributed by atoms with van der Waals surface area (Å²) in [5, 5.41) is 18.1. The molecule has 0 heterocycles. The fourth-order valence-corrected chi connectivity index (χ4v) is 5.61. The Morgan fingerprint density at radius 3 is 1.95 bits per heavy atom. The van der Waals surface area contributed by atoms with Gasteiger partial charge in [-0.25, -0.2) is 0 Å². The van der Waals surface area contributed by atoms with E-state index >= 15 is 0 Å². The van der Waals surface area contributed by atoms with Gasteiger partial charge >= 0.3 is 95.5 Å². The maximum Gasteiger partial charge on any atom is 0.115 e. The van der Waals surface area contributed by atoms with E-state index in [1.807, 2.05) is 12.1 Å². The third-order valence-corrected chi connectivity index (χ3v) is 8.69. The standard InChI is InChI=1S/C10H13O.C6H6O.ClH.Hg/c1-10(2,3)8-4-6-9(11)7-5-8;7-6-4-2-1-3-5-6;;/h4-6,11H,1-3H3;1-5,7H;1H;/q;;;+1/p-1. The second kappa shape index (κ2) is 7.89. The maximum absolute atomic E-state index is 9.47. The third kappa shape index (κ3) is 5.72. The van der Waals surface area contributed by atoms with Crippen LogP contribution >= 0.6 is 8.25 Å². The number of hydrogen-bond acceptors (Lipinski definition) is 2. The molecule has 2 rings (SSSR count). The number of phenols is 2. The maximum atomic E-state index is 9.47. The number of rotatable bonds is 1. The van der Waals surface area contributed by atoms with E-state index in [1.54, 1.807) is 30.3 Å². The average molecular weight is 479 g/mol. The number of hydrogen-bond donors (Lipinski definition) is 2. The first kappa shape index (κ1) is 17.3. The van der Waals surface area contributed by atoms with E-state index in [4.69, 9.17) is 13.4 Å². The Hall–Kier alpha value is -0.735. The molecule has 0 aliphatic rings. The number of halogens is 1. The smallest absolute Gasteiger partial charge is 0.115 e. The molecule has 0 atom stereocenters. The number of para-hydroxylation sites is 1. The Morgan fingerprint density at radius 1 is 0.950 bits per heavy atom. The van der Waals surface area contributed by atoms with Crippen molar-refractivity contribution in [2.75, 3.05) is 0 Å². The average Bonchev–Trinajstić information content (AvgIpc) is 2.39. The molecule has 2 N–H and O–H groups in total. The van der Waals surface area contributed by atoms with Crippen LogP contribution in [0, 0.1) is 0 Å². The van der Waals surface area contributed by atoms with Crippen molar-refractivity contribution in [2.45, 2.75) is 26.2 Å². The molecular weight excluding hydrogens is 460 g/mol. The van der Waals surface area contributed by atoms with Crippen molar-refractivity contribution in [1.29, 1.82) is 0 Å². The minimum Gasteiger partial charge on any atom is -0.508 e. The van der Waals surface area contributed by atoms with Crippen molar-refractivity contribution in [3.05, 3.63) is 54.1 Å².